The molecule has 0 radical (unpaired) electrons. The molecule has 100 valence electrons. The van der Waals surface area contributed by atoms with Crippen LogP contribution in [0.2, 0.25) is 0 Å². The lowest BCUT2D eigenvalue weighted by Crippen LogP contribution is -2.25. The summed E-state index contributed by atoms with van der Waals surface area (Å²) < 4.78 is 26.3. The SMILES string of the molecule is Cc1ccc(C(C)(O)CC2CCC(F)(F)C2)cc1. The predicted molar refractivity (Wildman–Crippen MR) is 67.7 cm³/mol. The first kappa shape index (κ1) is 13.5. The average molecular weight is 254 g/mol. The topological polar surface area (TPSA) is 20.2 Å². The lowest BCUT2D eigenvalue weighted by molar-refractivity contribution is -0.00661. The summed E-state index contributed by atoms with van der Waals surface area (Å²) >= 11 is 0. The van der Waals surface area contributed by atoms with E-state index in [9.17, 15) is 13.9 Å². The second kappa shape index (κ2) is 4.61. The first-order chi connectivity index (χ1) is 8.28. The van der Waals surface area contributed by atoms with Crippen molar-refractivity contribution in [1.29, 1.82) is 0 Å². The Morgan fingerprint density at radius 3 is 2.44 bits per heavy atom. The van der Waals surface area contributed by atoms with Crippen molar-refractivity contribution in [2.45, 2.75) is 51.1 Å². The van der Waals surface area contributed by atoms with Crippen LogP contribution in [-0.2, 0) is 5.60 Å². The molecule has 3 heteroatoms. The molecule has 1 N–H and O–H groups in total. The van der Waals surface area contributed by atoms with Gasteiger partial charge in [0.2, 0.25) is 5.92 Å². The fourth-order valence-electron chi connectivity index (χ4n) is 2.81. The van der Waals surface area contributed by atoms with Crippen LogP contribution in [0.5, 0.6) is 0 Å². The highest BCUT2D eigenvalue weighted by Gasteiger charge is 2.41. The highest BCUT2D eigenvalue weighted by atomic mass is 19.3. The Morgan fingerprint density at radius 1 is 1.33 bits per heavy atom. The molecule has 2 rings (SSSR count). The van der Waals surface area contributed by atoms with E-state index < -0.39 is 11.5 Å². The minimum absolute atomic E-state index is 0.0400. The monoisotopic (exact) mass is 254 g/mol. The van der Waals surface area contributed by atoms with Crippen molar-refractivity contribution in [3.8, 4) is 0 Å². The number of aryl methyl sites for hydroxylation is 1. The van der Waals surface area contributed by atoms with Crippen molar-refractivity contribution >= 4 is 0 Å². The zero-order chi connectivity index (χ0) is 13.4. The van der Waals surface area contributed by atoms with E-state index in [2.05, 4.69) is 0 Å². The third-order valence-corrected chi connectivity index (χ3v) is 3.87. The van der Waals surface area contributed by atoms with Crippen molar-refractivity contribution in [3.05, 3.63) is 35.4 Å². The van der Waals surface area contributed by atoms with Gasteiger partial charge < -0.3 is 5.11 Å². The molecule has 1 fully saturated rings. The Kier molecular flexibility index (Phi) is 3.45. The molecule has 0 amide bonds. The standard InChI is InChI=1S/C15H20F2O/c1-11-3-5-13(6-4-11)14(2,18)9-12-7-8-15(16,17)10-12/h3-6,12,18H,7-10H2,1-2H3. The Hall–Kier alpha value is -0.960. The molecule has 0 aliphatic heterocycles. The third kappa shape index (κ3) is 3.08. The van der Waals surface area contributed by atoms with Crippen LogP contribution in [0.15, 0.2) is 24.3 Å². The molecule has 2 unspecified atom stereocenters. The second-order valence-corrected chi connectivity index (χ2v) is 5.81. The Labute approximate surface area is 107 Å². The minimum Gasteiger partial charge on any atom is -0.385 e. The predicted octanol–water partition coefficient (Wildman–Crippen LogP) is 4.03. The summed E-state index contributed by atoms with van der Waals surface area (Å²) in [5.74, 6) is -2.62. The van der Waals surface area contributed by atoms with Gasteiger partial charge in [-0.1, -0.05) is 29.8 Å². The van der Waals surface area contributed by atoms with Gasteiger partial charge in [-0.15, -0.1) is 0 Å². The van der Waals surface area contributed by atoms with Gasteiger partial charge in [0.15, 0.2) is 0 Å². The van der Waals surface area contributed by atoms with Crippen LogP contribution in [0, 0.1) is 12.8 Å². The van der Waals surface area contributed by atoms with Gasteiger partial charge in [0, 0.05) is 12.8 Å². The minimum atomic E-state index is -2.53. The van der Waals surface area contributed by atoms with Gasteiger partial charge in [0.05, 0.1) is 5.60 Å². The molecule has 1 nitrogen and oxygen atoms in total. The Balaban J connectivity index is 2.05. The quantitative estimate of drug-likeness (QED) is 0.863. The van der Waals surface area contributed by atoms with Crippen molar-refractivity contribution in [2.24, 2.45) is 5.92 Å². The summed E-state index contributed by atoms with van der Waals surface area (Å²) in [7, 11) is 0. The maximum atomic E-state index is 13.1. The Bertz CT molecular complexity index is 409. The normalized spacial score (nSPS) is 25.9. The van der Waals surface area contributed by atoms with Crippen LogP contribution in [-0.4, -0.2) is 11.0 Å². The lowest BCUT2D eigenvalue weighted by atomic mass is 9.85. The maximum absolute atomic E-state index is 13.1. The van der Waals surface area contributed by atoms with E-state index in [4.69, 9.17) is 0 Å². The lowest BCUT2D eigenvalue weighted by Gasteiger charge is -2.27. The molecule has 1 saturated carbocycles. The molecule has 2 atom stereocenters. The van der Waals surface area contributed by atoms with E-state index in [-0.39, 0.29) is 18.8 Å². The number of benzene rings is 1. The number of hydrogen-bond donors (Lipinski definition) is 1. The highest BCUT2D eigenvalue weighted by molar-refractivity contribution is 5.26. The van der Waals surface area contributed by atoms with Gasteiger partial charge in [0.25, 0.3) is 0 Å². The number of aliphatic hydroxyl groups is 1. The van der Waals surface area contributed by atoms with E-state index in [1.54, 1.807) is 6.92 Å². The van der Waals surface area contributed by atoms with Crippen molar-refractivity contribution < 1.29 is 13.9 Å². The summed E-state index contributed by atoms with van der Waals surface area (Å²) in [6.07, 6.45) is 0.789. The molecular formula is C15H20F2O. The zero-order valence-electron chi connectivity index (χ0n) is 10.9. The molecule has 1 aromatic carbocycles. The van der Waals surface area contributed by atoms with E-state index in [0.717, 1.165) is 11.1 Å². The largest absolute Gasteiger partial charge is 0.385 e. The fourth-order valence-corrected chi connectivity index (χ4v) is 2.81. The molecule has 0 bridgehead atoms. The molecule has 0 aromatic heterocycles. The smallest absolute Gasteiger partial charge is 0.248 e. The summed E-state index contributed by atoms with van der Waals surface area (Å²) in [5, 5.41) is 10.5. The zero-order valence-corrected chi connectivity index (χ0v) is 10.9. The summed E-state index contributed by atoms with van der Waals surface area (Å²) in [6.45, 7) is 3.70. The molecular weight excluding hydrogens is 234 g/mol. The molecule has 0 heterocycles. The van der Waals surface area contributed by atoms with Gasteiger partial charge >= 0.3 is 0 Å². The summed E-state index contributed by atoms with van der Waals surface area (Å²) in [5.41, 5.74) is 0.920. The average Bonchev–Trinajstić information content (AvgIpc) is 2.57. The van der Waals surface area contributed by atoms with E-state index >= 15 is 0 Å². The van der Waals surface area contributed by atoms with E-state index in [1.807, 2.05) is 31.2 Å². The van der Waals surface area contributed by atoms with E-state index in [0.29, 0.717) is 12.8 Å². The summed E-state index contributed by atoms with van der Waals surface area (Å²) in [4.78, 5) is 0. The first-order valence-electron chi connectivity index (χ1n) is 6.46. The number of alkyl halides is 2. The van der Waals surface area contributed by atoms with Crippen LogP contribution < -0.4 is 0 Å². The van der Waals surface area contributed by atoms with Crippen LogP contribution >= 0.6 is 0 Å². The van der Waals surface area contributed by atoms with Crippen LogP contribution in [0.3, 0.4) is 0 Å². The van der Waals surface area contributed by atoms with Gasteiger partial charge in [0.1, 0.15) is 0 Å². The van der Waals surface area contributed by atoms with Gasteiger partial charge in [-0.2, -0.15) is 0 Å². The Morgan fingerprint density at radius 2 is 1.94 bits per heavy atom. The van der Waals surface area contributed by atoms with Crippen LogP contribution in [0.25, 0.3) is 0 Å². The van der Waals surface area contributed by atoms with Crippen LogP contribution in [0.4, 0.5) is 8.78 Å². The maximum Gasteiger partial charge on any atom is 0.248 e. The fraction of sp³-hybridized carbons (Fsp3) is 0.600. The third-order valence-electron chi connectivity index (χ3n) is 3.87. The molecule has 1 aliphatic carbocycles. The number of halogens is 2. The molecule has 1 aromatic rings. The van der Waals surface area contributed by atoms with Crippen molar-refractivity contribution in [2.75, 3.05) is 0 Å². The summed E-state index contributed by atoms with van der Waals surface area (Å²) in [6, 6.07) is 7.63. The van der Waals surface area contributed by atoms with Crippen molar-refractivity contribution in [3.63, 3.8) is 0 Å². The number of hydrogen-bond acceptors (Lipinski definition) is 1. The molecule has 18 heavy (non-hydrogen) atoms. The number of rotatable bonds is 3. The molecule has 0 saturated heterocycles. The van der Waals surface area contributed by atoms with Gasteiger partial charge in [-0.25, -0.2) is 8.78 Å². The molecule has 0 spiro atoms. The highest BCUT2D eigenvalue weighted by Crippen LogP contribution is 2.43. The molecule has 1 aliphatic rings. The van der Waals surface area contributed by atoms with E-state index in [1.165, 1.54) is 0 Å². The van der Waals surface area contributed by atoms with Crippen LogP contribution in [0.1, 0.15) is 43.7 Å². The van der Waals surface area contributed by atoms with Crippen molar-refractivity contribution in [1.82, 2.24) is 0 Å². The first-order valence-corrected chi connectivity index (χ1v) is 6.46. The second-order valence-electron chi connectivity index (χ2n) is 5.81. The van der Waals surface area contributed by atoms with Gasteiger partial charge in [-0.05, 0) is 38.2 Å². The van der Waals surface area contributed by atoms with Gasteiger partial charge in [-0.3, -0.25) is 0 Å².